The van der Waals surface area contributed by atoms with Crippen molar-refractivity contribution < 1.29 is 14.3 Å². The SMILES string of the molecule is CCOC(OCC)C(=O)Nc1ccc(Cl)cc1N. The number of carbonyl (C=O) groups excluding carboxylic acids is 1. The van der Waals surface area contributed by atoms with Gasteiger partial charge in [0.1, 0.15) is 0 Å². The number of benzene rings is 1. The number of rotatable bonds is 6. The quantitative estimate of drug-likeness (QED) is 0.615. The van der Waals surface area contributed by atoms with Crippen LogP contribution >= 0.6 is 11.6 Å². The Labute approximate surface area is 111 Å². The maximum atomic E-state index is 11.9. The maximum Gasteiger partial charge on any atom is 0.281 e. The Kier molecular flexibility index (Phi) is 5.91. The molecule has 0 bridgehead atoms. The lowest BCUT2D eigenvalue weighted by molar-refractivity contribution is -0.164. The highest BCUT2D eigenvalue weighted by Crippen LogP contribution is 2.22. The molecule has 0 unspecified atom stereocenters. The van der Waals surface area contributed by atoms with Gasteiger partial charge in [0, 0.05) is 18.2 Å². The third-order valence-corrected chi connectivity index (χ3v) is 2.36. The Morgan fingerprint density at radius 1 is 1.39 bits per heavy atom. The lowest BCUT2D eigenvalue weighted by Gasteiger charge is -2.17. The molecule has 1 aromatic rings. The number of carbonyl (C=O) groups is 1. The second-order valence-electron chi connectivity index (χ2n) is 3.46. The van der Waals surface area contributed by atoms with Crippen molar-refractivity contribution in [3.8, 4) is 0 Å². The molecule has 0 atom stereocenters. The Hall–Kier alpha value is -1.30. The number of nitrogens with one attached hydrogen (secondary N) is 1. The van der Waals surface area contributed by atoms with Gasteiger partial charge in [0.2, 0.25) is 6.29 Å². The fourth-order valence-corrected chi connectivity index (χ4v) is 1.52. The fourth-order valence-electron chi connectivity index (χ4n) is 1.34. The summed E-state index contributed by atoms with van der Waals surface area (Å²) in [7, 11) is 0. The van der Waals surface area contributed by atoms with E-state index in [0.29, 0.717) is 29.6 Å². The second kappa shape index (κ2) is 7.20. The van der Waals surface area contributed by atoms with Gasteiger partial charge in [0.25, 0.3) is 5.91 Å². The summed E-state index contributed by atoms with van der Waals surface area (Å²) >= 11 is 5.77. The summed E-state index contributed by atoms with van der Waals surface area (Å²) in [5.41, 5.74) is 6.61. The Morgan fingerprint density at radius 3 is 2.50 bits per heavy atom. The topological polar surface area (TPSA) is 73.6 Å². The monoisotopic (exact) mass is 272 g/mol. The zero-order valence-corrected chi connectivity index (χ0v) is 11.2. The van der Waals surface area contributed by atoms with Gasteiger partial charge < -0.3 is 20.5 Å². The Morgan fingerprint density at radius 2 is 2.00 bits per heavy atom. The first-order valence-corrected chi connectivity index (χ1v) is 6.05. The number of amides is 1. The number of hydrogen-bond acceptors (Lipinski definition) is 4. The molecule has 0 aromatic heterocycles. The smallest absolute Gasteiger partial charge is 0.281 e. The Bertz CT molecular complexity index is 406. The average Bonchev–Trinajstić information content (AvgIpc) is 2.32. The second-order valence-corrected chi connectivity index (χ2v) is 3.90. The molecule has 6 heteroatoms. The summed E-state index contributed by atoms with van der Waals surface area (Å²) in [4.78, 5) is 11.9. The molecule has 1 aromatic carbocycles. The maximum absolute atomic E-state index is 11.9. The van der Waals surface area contributed by atoms with E-state index >= 15 is 0 Å². The van der Waals surface area contributed by atoms with E-state index in [1.807, 2.05) is 0 Å². The van der Waals surface area contributed by atoms with Gasteiger partial charge in [-0.3, -0.25) is 4.79 Å². The zero-order chi connectivity index (χ0) is 13.5. The van der Waals surface area contributed by atoms with Crippen molar-refractivity contribution in [1.29, 1.82) is 0 Å². The molecule has 5 nitrogen and oxygen atoms in total. The molecule has 1 rings (SSSR count). The van der Waals surface area contributed by atoms with Crippen LogP contribution in [0.3, 0.4) is 0 Å². The van der Waals surface area contributed by atoms with E-state index in [4.69, 9.17) is 26.8 Å². The number of nitrogen functional groups attached to an aromatic ring is 1. The first-order valence-electron chi connectivity index (χ1n) is 5.67. The molecule has 0 heterocycles. The molecule has 0 aliphatic heterocycles. The average molecular weight is 273 g/mol. The summed E-state index contributed by atoms with van der Waals surface area (Å²) in [5, 5.41) is 3.15. The highest BCUT2D eigenvalue weighted by molar-refractivity contribution is 6.31. The summed E-state index contributed by atoms with van der Waals surface area (Å²) < 4.78 is 10.4. The van der Waals surface area contributed by atoms with Gasteiger partial charge in [-0.25, -0.2) is 0 Å². The van der Waals surface area contributed by atoms with Gasteiger partial charge in [-0.05, 0) is 32.0 Å². The number of halogens is 1. The number of ether oxygens (including phenoxy) is 2. The van der Waals surface area contributed by atoms with E-state index in [1.54, 1.807) is 32.0 Å². The van der Waals surface area contributed by atoms with Gasteiger partial charge in [0.15, 0.2) is 0 Å². The summed E-state index contributed by atoms with van der Waals surface area (Å²) in [6.07, 6.45) is -0.935. The van der Waals surface area contributed by atoms with Crippen molar-refractivity contribution in [3.05, 3.63) is 23.2 Å². The highest BCUT2D eigenvalue weighted by Gasteiger charge is 2.19. The molecule has 0 saturated heterocycles. The normalized spacial score (nSPS) is 10.7. The first kappa shape index (κ1) is 14.8. The van der Waals surface area contributed by atoms with E-state index in [1.165, 1.54) is 0 Å². The summed E-state index contributed by atoms with van der Waals surface area (Å²) in [5.74, 6) is -0.396. The minimum absolute atomic E-state index is 0.383. The van der Waals surface area contributed by atoms with Crippen LogP contribution in [-0.4, -0.2) is 25.4 Å². The van der Waals surface area contributed by atoms with E-state index in [2.05, 4.69) is 5.32 Å². The number of hydrogen-bond donors (Lipinski definition) is 2. The van der Waals surface area contributed by atoms with Gasteiger partial charge in [-0.1, -0.05) is 11.6 Å². The lowest BCUT2D eigenvalue weighted by Crippen LogP contribution is -2.33. The third kappa shape index (κ3) is 4.18. The molecular weight excluding hydrogens is 256 g/mol. The van der Waals surface area contributed by atoms with Crippen LogP contribution in [0.15, 0.2) is 18.2 Å². The molecular formula is C12H17ClN2O3. The van der Waals surface area contributed by atoms with Crippen molar-refractivity contribution in [2.45, 2.75) is 20.1 Å². The van der Waals surface area contributed by atoms with Crippen LogP contribution in [0.4, 0.5) is 11.4 Å². The minimum atomic E-state index is -0.935. The summed E-state index contributed by atoms with van der Waals surface area (Å²) in [6, 6.07) is 4.84. The van der Waals surface area contributed by atoms with Crippen LogP contribution in [0, 0.1) is 0 Å². The van der Waals surface area contributed by atoms with Crippen LogP contribution < -0.4 is 11.1 Å². The number of anilines is 2. The largest absolute Gasteiger partial charge is 0.397 e. The first-order chi connectivity index (χ1) is 8.58. The third-order valence-electron chi connectivity index (χ3n) is 2.12. The molecule has 1 amide bonds. The van der Waals surface area contributed by atoms with Crippen molar-refractivity contribution in [3.63, 3.8) is 0 Å². The van der Waals surface area contributed by atoms with Crippen LogP contribution in [-0.2, 0) is 14.3 Å². The van der Waals surface area contributed by atoms with Crippen molar-refractivity contribution >= 4 is 28.9 Å². The molecule has 0 saturated carbocycles. The zero-order valence-electron chi connectivity index (χ0n) is 10.4. The highest BCUT2D eigenvalue weighted by atomic mass is 35.5. The molecule has 100 valence electrons. The molecule has 0 spiro atoms. The Balaban J connectivity index is 2.72. The standard InChI is InChI=1S/C12H17ClN2O3/c1-3-17-12(18-4-2)11(16)15-10-6-5-8(13)7-9(10)14/h5-7,12H,3-4,14H2,1-2H3,(H,15,16). The number of nitrogens with two attached hydrogens (primary N) is 1. The van der Waals surface area contributed by atoms with Gasteiger partial charge >= 0.3 is 0 Å². The molecule has 0 fully saturated rings. The molecule has 0 aliphatic rings. The van der Waals surface area contributed by atoms with Crippen LogP contribution in [0.25, 0.3) is 0 Å². The minimum Gasteiger partial charge on any atom is -0.397 e. The molecule has 0 radical (unpaired) electrons. The predicted molar refractivity (Wildman–Crippen MR) is 71.5 cm³/mol. The molecule has 0 aliphatic carbocycles. The van der Waals surface area contributed by atoms with Crippen LogP contribution in [0.2, 0.25) is 5.02 Å². The molecule has 18 heavy (non-hydrogen) atoms. The van der Waals surface area contributed by atoms with E-state index in [9.17, 15) is 4.79 Å². The van der Waals surface area contributed by atoms with Gasteiger partial charge in [-0.15, -0.1) is 0 Å². The predicted octanol–water partition coefficient (Wildman–Crippen LogP) is 2.26. The van der Waals surface area contributed by atoms with E-state index < -0.39 is 12.2 Å². The van der Waals surface area contributed by atoms with Crippen molar-refractivity contribution in [2.75, 3.05) is 24.3 Å². The summed E-state index contributed by atoms with van der Waals surface area (Å²) in [6.45, 7) is 4.34. The van der Waals surface area contributed by atoms with Gasteiger partial charge in [-0.2, -0.15) is 0 Å². The van der Waals surface area contributed by atoms with E-state index in [-0.39, 0.29) is 0 Å². The van der Waals surface area contributed by atoms with Crippen molar-refractivity contribution in [1.82, 2.24) is 0 Å². The lowest BCUT2D eigenvalue weighted by atomic mass is 10.2. The fraction of sp³-hybridized carbons (Fsp3) is 0.417. The van der Waals surface area contributed by atoms with Crippen LogP contribution in [0.1, 0.15) is 13.8 Å². The van der Waals surface area contributed by atoms with Gasteiger partial charge in [0.05, 0.1) is 11.4 Å². The van der Waals surface area contributed by atoms with E-state index in [0.717, 1.165) is 0 Å². The molecule has 3 N–H and O–H groups in total. The van der Waals surface area contributed by atoms with Crippen LogP contribution in [0.5, 0.6) is 0 Å². The van der Waals surface area contributed by atoms with Crippen molar-refractivity contribution in [2.24, 2.45) is 0 Å².